The third kappa shape index (κ3) is 3.79. The first kappa shape index (κ1) is 15.6. The number of rotatable bonds is 6. The average molecular weight is 283 g/mol. The van der Waals surface area contributed by atoms with Crippen LogP contribution in [-0.4, -0.2) is 29.0 Å². The van der Waals surface area contributed by atoms with Crippen LogP contribution < -0.4 is 16.6 Å². The van der Waals surface area contributed by atoms with Crippen molar-refractivity contribution in [2.45, 2.75) is 19.9 Å². The van der Waals surface area contributed by atoms with Crippen LogP contribution in [0.25, 0.3) is 0 Å². The molecule has 0 saturated heterocycles. The number of ether oxygens (including phenoxy) is 1. The molecule has 9 nitrogen and oxygen atoms in total. The summed E-state index contributed by atoms with van der Waals surface area (Å²) in [6.07, 6.45) is 0. The van der Waals surface area contributed by atoms with Crippen molar-refractivity contribution in [3.8, 4) is 0 Å². The van der Waals surface area contributed by atoms with Gasteiger partial charge in [-0.3, -0.25) is 10.1 Å². The summed E-state index contributed by atoms with van der Waals surface area (Å²) in [5.74, 6) is 4.93. The van der Waals surface area contributed by atoms with E-state index in [2.05, 4.69) is 20.5 Å². The topological polar surface area (TPSA) is 132 Å². The van der Waals surface area contributed by atoms with E-state index in [1.165, 1.54) is 19.2 Å². The van der Waals surface area contributed by atoms with Crippen LogP contribution in [-0.2, 0) is 9.53 Å². The van der Waals surface area contributed by atoms with Gasteiger partial charge in [0.15, 0.2) is 0 Å². The van der Waals surface area contributed by atoms with E-state index in [4.69, 9.17) is 5.84 Å². The van der Waals surface area contributed by atoms with E-state index >= 15 is 0 Å². The molecule has 20 heavy (non-hydrogen) atoms. The maximum absolute atomic E-state index is 11.6. The first-order chi connectivity index (χ1) is 9.38. The number of nitro groups is 1. The minimum Gasteiger partial charge on any atom is -0.467 e. The van der Waals surface area contributed by atoms with E-state index in [1.807, 2.05) is 13.8 Å². The standard InChI is InChI=1S/C11H17N5O4/c1-6(2)10(11(17)20-3)14-8-4-7(16(18)19)5-9(13-8)15-12/h4-6,10H,12H2,1-3H3,(H2,13,14,15). The maximum Gasteiger partial charge on any atom is 0.328 e. The van der Waals surface area contributed by atoms with Crippen LogP contribution in [0.4, 0.5) is 17.3 Å². The number of nitrogens with zero attached hydrogens (tertiary/aromatic N) is 2. The van der Waals surface area contributed by atoms with Gasteiger partial charge in [0.1, 0.15) is 17.7 Å². The van der Waals surface area contributed by atoms with Crippen LogP contribution in [0.3, 0.4) is 0 Å². The number of nitrogen functional groups attached to an aromatic ring is 1. The number of pyridine rings is 1. The predicted molar refractivity (Wildman–Crippen MR) is 73.0 cm³/mol. The third-order valence-corrected chi connectivity index (χ3v) is 2.59. The fourth-order valence-electron chi connectivity index (χ4n) is 1.55. The smallest absolute Gasteiger partial charge is 0.328 e. The fourth-order valence-corrected chi connectivity index (χ4v) is 1.55. The maximum atomic E-state index is 11.6. The number of anilines is 2. The second-order valence-corrected chi connectivity index (χ2v) is 4.39. The predicted octanol–water partition coefficient (Wildman–Crippen LogP) is 0.885. The summed E-state index contributed by atoms with van der Waals surface area (Å²) >= 11 is 0. The van der Waals surface area contributed by atoms with Crippen molar-refractivity contribution in [2.75, 3.05) is 17.9 Å². The van der Waals surface area contributed by atoms with E-state index < -0.39 is 16.9 Å². The molecule has 0 bridgehead atoms. The quantitative estimate of drug-likeness (QED) is 0.303. The van der Waals surface area contributed by atoms with Gasteiger partial charge < -0.3 is 15.5 Å². The van der Waals surface area contributed by atoms with Gasteiger partial charge in [0.25, 0.3) is 5.69 Å². The van der Waals surface area contributed by atoms with Gasteiger partial charge in [0.2, 0.25) is 0 Å². The Morgan fingerprint density at radius 3 is 2.50 bits per heavy atom. The van der Waals surface area contributed by atoms with Crippen molar-refractivity contribution in [1.82, 2.24) is 4.98 Å². The Labute approximate surface area is 115 Å². The number of hydrazine groups is 1. The van der Waals surface area contributed by atoms with Gasteiger partial charge in [-0.2, -0.15) is 0 Å². The first-order valence-electron chi connectivity index (χ1n) is 5.86. The molecular formula is C11H17N5O4. The lowest BCUT2D eigenvalue weighted by Crippen LogP contribution is -2.35. The molecule has 0 aliphatic heterocycles. The Balaban J connectivity index is 3.08. The minimum absolute atomic E-state index is 0.0854. The Kier molecular flexibility index (Phi) is 5.21. The molecule has 0 aliphatic rings. The number of hydrogen-bond donors (Lipinski definition) is 3. The number of methoxy groups -OCH3 is 1. The van der Waals surface area contributed by atoms with Gasteiger partial charge in [-0.15, -0.1) is 0 Å². The van der Waals surface area contributed by atoms with Crippen molar-refractivity contribution in [2.24, 2.45) is 11.8 Å². The summed E-state index contributed by atoms with van der Waals surface area (Å²) in [6, 6.07) is 1.74. The highest BCUT2D eigenvalue weighted by atomic mass is 16.6. The fraction of sp³-hybridized carbons (Fsp3) is 0.455. The number of nitrogens with one attached hydrogen (secondary N) is 2. The third-order valence-electron chi connectivity index (χ3n) is 2.59. The summed E-state index contributed by atoms with van der Waals surface area (Å²) in [5, 5.41) is 13.6. The van der Waals surface area contributed by atoms with Gasteiger partial charge in [-0.05, 0) is 5.92 Å². The second kappa shape index (κ2) is 6.66. The summed E-state index contributed by atoms with van der Waals surface area (Å²) in [5.41, 5.74) is 2.04. The molecule has 0 aromatic carbocycles. The van der Waals surface area contributed by atoms with E-state index in [1.54, 1.807) is 0 Å². The highest BCUT2D eigenvalue weighted by Crippen LogP contribution is 2.21. The molecule has 9 heteroatoms. The average Bonchev–Trinajstić information content (AvgIpc) is 2.43. The Bertz CT molecular complexity index is 506. The Morgan fingerprint density at radius 1 is 1.45 bits per heavy atom. The van der Waals surface area contributed by atoms with E-state index in [9.17, 15) is 14.9 Å². The zero-order chi connectivity index (χ0) is 15.3. The molecule has 0 saturated carbocycles. The normalized spacial score (nSPS) is 11.8. The molecule has 0 fully saturated rings. The Morgan fingerprint density at radius 2 is 2.05 bits per heavy atom. The van der Waals surface area contributed by atoms with Crippen LogP contribution in [0.5, 0.6) is 0 Å². The molecule has 0 aliphatic carbocycles. The monoisotopic (exact) mass is 283 g/mol. The van der Waals surface area contributed by atoms with Crippen LogP contribution >= 0.6 is 0 Å². The van der Waals surface area contributed by atoms with Crippen LogP contribution in [0.15, 0.2) is 12.1 Å². The lowest BCUT2D eigenvalue weighted by molar-refractivity contribution is -0.384. The highest BCUT2D eigenvalue weighted by Gasteiger charge is 2.24. The molecule has 0 spiro atoms. The molecule has 1 aromatic rings. The number of carbonyl (C=O) groups excluding carboxylic acids is 1. The largest absolute Gasteiger partial charge is 0.467 e. The van der Waals surface area contributed by atoms with Crippen LogP contribution in [0.2, 0.25) is 0 Å². The second-order valence-electron chi connectivity index (χ2n) is 4.39. The number of hydrogen-bond acceptors (Lipinski definition) is 8. The summed E-state index contributed by atoms with van der Waals surface area (Å²) in [6.45, 7) is 3.63. The molecule has 0 radical (unpaired) electrons. The lowest BCUT2D eigenvalue weighted by atomic mass is 10.0. The number of carbonyl (C=O) groups is 1. The van der Waals surface area contributed by atoms with Crippen molar-refractivity contribution in [3.05, 3.63) is 22.2 Å². The number of aromatic nitrogens is 1. The molecule has 1 rings (SSSR count). The molecule has 1 aromatic heterocycles. The Hall–Kier alpha value is -2.42. The summed E-state index contributed by atoms with van der Waals surface area (Å²) in [4.78, 5) is 25.9. The molecule has 1 atom stereocenters. The van der Waals surface area contributed by atoms with Gasteiger partial charge in [0.05, 0.1) is 24.2 Å². The zero-order valence-electron chi connectivity index (χ0n) is 11.4. The molecule has 1 heterocycles. The molecule has 110 valence electrons. The lowest BCUT2D eigenvalue weighted by Gasteiger charge is -2.20. The van der Waals surface area contributed by atoms with E-state index in [0.717, 1.165) is 0 Å². The summed E-state index contributed by atoms with van der Waals surface area (Å²) < 4.78 is 4.68. The summed E-state index contributed by atoms with van der Waals surface area (Å²) in [7, 11) is 1.27. The SMILES string of the molecule is COC(=O)C(Nc1cc([N+](=O)[O-])cc(NN)n1)C(C)C. The van der Waals surface area contributed by atoms with E-state index in [0.29, 0.717) is 0 Å². The van der Waals surface area contributed by atoms with Crippen LogP contribution in [0, 0.1) is 16.0 Å². The van der Waals surface area contributed by atoms with Crippen molar-refractivity contribution in [1.29, 1.82) is 0 Å². The number of esters is 1. The molecule has 0 amide bonds. The minimum atomic E-state index is -0.667. The first-order valence-corrected chi connectivity index (χ1v) is 5.86. The van der Waals surface area contributed by atoms with Gasteiger partial charge in [0, 0.05) is 0 Å². The van der Waals surface area contributed by atoms with Gasteiger partial charge in [-0.25, -0.2) is 15.6 Å². The van der Waals surface area contributed by atoms with Crippen LogP contribution in [0.1, 0.15) is 13.8 Å². The molecular weight excluding hydrogens is 266 g/mol. The van der Waals surface area contributed by atoms with Crippen molar-refractivity contribution in [3.63, 3.8) is 0 Å². The van der Waals surface area contributed by atoms with E-state index in [-0.39, 0.29) is 23.2 Å². The highest BCUT2D eigenvalue weighted by molar-refractivity contribution is 5.79. The van der Waals surface area contributed by atoms with Crippen molar-refractivity contribution >= 4 is 23.3 Å². The molecule has 1 unspecified atom stereocenters. The number of nitrogens with two attached hydrogens (primary N) is 1. The zero-order valence-corrected chi connectivity index (χ0v) is 11.4. The van der Waals surface area contributed by atoms with Gasteiger partial charge in [-0.1, -0.05) is 13.8 Å². The van der Waals surface area contributed by atoms with Gasteiger partial charge >= 0.3 is 5.97 Å². The van der Waals surface area contributed by atoms with Crippen molar-refractivity contribution < 1.29 is 14.5 Å². The molecule has 4 N–H and O–H groups in total.